The van der Waals surface area contributed by atoms with Gasteiger partial charge in [0.25, 0.3) is 0 Å². The molecule has 1 aromatic carbocycles. The number of nitrogens with one attached hydrogen (secondary N) is 1. The molecular formula is C13H9Cl2FN2O. The average Bonchev–Trinajstić information content (AvgIpc) is 2.37. The van der Waals surface area contributed by atoms with E-state index in [4.69, 9.17) is 23.2 Å². The highest BCUT2D eigenvalue weighted by Gasteiger charge is 2.13. The van der Waals surface area contributed by atoms with E-state index in [0.29, 0.717) is 5.02 Å². The summed E-state index contributed by atoms with van der Waals surface area (Å²) in [6.07, 6.45) is 1.32. The van der Waals surface area contributed by atoms with Crippen LogP contribution in [-0.2, 0) is 11.2 Å². The van der Waals surface area contributed by atoms with Crippen molar-refractivity contribution in [2.75, 3.05) is 5.32 Å². The molecule has 1 amide bonds. The lowest BCUT2D eigenvalue weighted by Gasteiger charge is -2.07. The van der Waals surface area contributed by atoms with E-state index in [-0.39, 0.29) is 22.8 Å². The Kier molecular flexibility index (Phi) is 4.35. The van der Waals surface area contributed by atoms with Crippen LogP contribution in [0.1, 0.15) is 5.56 Å². The third kappa shape index (κ3) is 3.43. The second-order valence-electron chi connectivity index (χ2n) is 3.76. The van der Waals surface area contributed by atoms with Crippen LogP contribution in [0, 0.1) is 5.82 Å². The van der Waals surface area contributed by atoms with Gasteiger partial charge in [-0.25, -0.2) is 9.37 Å². The zero-order valence-corrected chi connectivity index (χ0v) is 11.2. The van der Waals surface area contributed by atoms with Gasteiger partial charge in [-0.3, -0.25) is 4.79 Å². The highest BCUT2D eigenvalue weighted by atomic mass is 35.5. The SMILES string of the molecule is O=C(Cc1c(F)cccc1Cl)Nc1ncccc1Cl. The minimum Gasteiger partial charge on any atom is -0.309 e. The van der Waals surface area contributed by atoms with Crippen molar-refractivity contribution in [1.82, 2.24) is 4.98 Å². The molecule has 0 saturated carbocycles. The minimum absolute atomic E-state index is 0.147. The summed E-state index contributed by atoms with van der Waals surface area (Å²) in [7, 11) is 0. The molecule has 0 radical (unpaired) electrons. The summed E-state index contributed by atoms with van der Waals surface area (Å²) < 4.78 is 13.5. The van der Waals surface area contributed by atoms with Gasteiger partial charge in [-0.05, 0) is 24.3 Å². The first-order valence-corrected chi connectivity index (χ1v) is 6.17. The normalized spacial score (nSPS) is 10.3. The molecule has 0 unspecified atom stereocenters. The van der Waals surface area contributed by atoms with Gasteiger partial charge >= 0.3 is 0 Å². The number of nitrogens with zero attached hydrogens (tertiary/aromatic N) is 1. The molecule has 1 heterocycles. The van der Waals surface area contributed by atoms with E-state index in [1.165, 1.54) is 24.4 Å². The van der Waals surface area contributed by atoms with Gasteiger partial charge in [0.1, 0.15) is 5.82 Å². The summed E-state index contributed by atoms with van der Waals surface area (Å²) in [6, 6.07) is 7.50. The highest BCUT2D eigenvalue weighted by molar-refractivity contribution is 6.33. The third-order valence-corrected chi connectivity index (χ3v) is 3.07. The van der Waals surface area contributed by atoms with Crippen molar-refractivity contribution in [3.05, 3.63) is 58.0 Å². The van der Waals surface area contributed by atoms with Crippen LogP contribution in [0.5, 0.6) is 0 Å². The first kappa shape index (κ1) is 13.8. The summed E-state index contributed by atoms with van der Waals surface area (Å²) in [6.45, 7) is 0. The topological polar surface area (TPSA) is 42.0 Å². The molecule has 19 heavy (non-hydrogen) atoms. The monoisotopic (exact) mass is 298 g/mol. The molecule has 2 aromatic rings. The molecule has 1 N–H and O–H groups in total. The van der Waals surface area contributed by atoms with Crippen LogP contribution in [0.4, 0.5) is 10.2 Å². The van der Waals surface area contributed by atoms with Gasteiger partial charge in [-0.1, -0.05) is 29.3 Å². The number of benzene rings is 1. The van der Waals surface area contributed by atoms with Crippen molar-refractivity contribution in [3.63, 3.8) is 0 Å². The number of amides is 1. The van der Waals surface area contributed by atoms with Gasteiger partial charge in [-0.15, -0.1) is 0 Å². The zero-order chi connectivity index (χ0) is 13.8. The number of hydrogen-bond donors (Lipinski definition) is 1. The molecule has 0 aliphatic rings. The molecule has 0 fully saturated rings. The van der Waals surface area contributed by atoms with Crippen molar-refractivity contribution in [2.45, 2.75) is 6.42 Å². The summed E-state index contributed by atoms with van der Waals surface area (Å²) in [4.78, 5) is 15.7. The standard InChI is InChI=1S/C13H9Cl2FN2O/c14-9-3-1-5-11(16)8(9)7-12(19)18-13-10(15)4-2-6-17-13/h1-6H,7H2,(H,17,18,19). The largest absolute Gasteiger partial charge is 0.309 e. The maximum Gasteiger partial charge on any atom is 0.230 e. The molecule has 2 rings (SSSR count). The van der Waals surface area contributed by atoms with Crippen molar-refractivity contribution in [2.24, 2.45) is 0 Å². The maximum absolute atomic E-state index is 13.5. The first-order valence-electron chi connectivity index (χ1n) is 5.41. The van der Waals surface area contributed by atoms with Crippen molar-refractivity contribution in [1.29, 1.82) is 0 Å². The Bertz CT molecular complexity index is 599. The summed E-state index contributed by atoms with van der Waals surface area (Å²) >= 11 is 11.7. The van der Waals surface area contributed by atoms with Crippen LogP contribution in [0.15, 0.2) is 36.5 Å². The number of hydrogen-bond acceptors (Lipinski definition) is 2. The summed E-state index contributed by atoms with van der Waals surface area (Å²) in [5.74, 6) is -0.719. The number of carbonyl (C=O) groups excluding carboxylic acids is 1. The van der Waals surface area contributed by atoms with Crippen molar-refractivity contribution >= 4 is 34.9 Å². The molecule has 98 valence electrons. The van der Waals surface area contributed by atoms with Crippen LogP contribution in [-0.4, -0.2) is 10.9 Å². The zero-order valence-electron chi connectivity index (χ0n) is 9.66. The van der Waals surface area contributed by atoms with E-state index in [9.17, 15) is 9.18 Å². The Hall–Kier alpha value is -1.65. The lowest BCUT2D eigenvalue weighted by molar-refractivity contribution is -0.115. The number of rotatable bonds is 3. The molecule has 0 spiro atoms. The van der Waals surface area contributed by atoms with Crippen LogP contribution < -0.4 is 5.32 Å². The maximum atomic E-state index is 13.5. The first-order chi connectivity index (χ1) is 9.08. The second-order valence-corrected chi connectivity index (χ2v) is 4.57. The molecule has 1 aromatic heterocycles. The Morgan fingerprint density at radius 2 is 1.95 bits per heavy atom. The predicted molar refractivity (Wildman–Crippen MR) is 73.0 cm³/mol. The molecule has 0 bridgehead atoms. The number of halogens is 3. The lowest BCUT2D eigenvalue weighted by atomic mass is 10.1. The Balaban J connectivity index is 2.12. The van der Waals surface area contributed by atoms with E-state index >= 15 is 0 Å². The number of aromatic nitrogens is 1. The third-order valence-electron chi connectivity index (χ3n) is 2.42. The Morgan fingerprint density at radius 3 is 2.63 bits per heavy atom. The molecule has 0 aliphatic carbocycles. The lowest BCUT2D eigenvalue weighted by Crippen LogP contribution is -2.16. The molecule has 0 aliphatic heterocycles. The van der Waals surface area contributed by atoms with Crippen molar-refractivity contribution < 1.29 is 9.18 Å². The van der Waals surface area contributed by atoms with Gasteiger partial charge < -0.3 is 5.32 Å². The van der Waals surface area contributed by atoms with Gasteiger partial charge in [0, 0.05) is 16.8 Å². The van der Waals surface area contributed by atoms with Gasteiger partial charge in [0.05, 0.1) is 11.4 Å². The fraction of sp³-hybridized carbons (Fsp3) is 0.0769. The minimum atomic E-state index is -0.519. The second kappa shape index (κ2) is 5.99. The summed E-state index contributed by atoms with van der Waals surface area (Å²) in [5.41, 5.74) is 0.147. The van der Waals surface area contributed by atoms with Gasteiger partial charge in [0.2, 0.25) is 5.91 Å². The van der Waals surface area contributed by atoms with Crippen LogP contribution >= 0.6 is 23.2 Å². The van der Waals surface area contributed by atoms with Crippen LogP contribution in [0.2, 0.25) is 10.0 Å². The molecule has 3 nitrogen and oxygen atoms in total. The fourth-order valence-electron chi connectivity index (χ4n) is 1.52. The summed E-state index contributed by atoms with van der Waals surface area (Å²) in [5, 5.41) is 3.03. The predicted octanol–water partition coefficient (Wildman–Crippen LogP) is 3.71. The van der Waals surface area contributed by atoms with Crippen molar-refractivity contribution in [3.8, 4) is 0 Å². The molecular weight excluding hydrogens is 290 g/mol. The molecule has 0 atom stereocenters. The Morgan fingerprint density at radius 1 is 1.21 bits per heavy atom. The van der Waals surface area contributed by atoms with Crippen LogP contribution in [0.3, 0.4) is 0 Å². The number of carbonyl (C=O) groups is 1. The number of anilines is 1. The highest BCUT2D eigenvalue weighted by Crippen LogP contribution is 2.21. The van der Waals surface area contributed by atoms with Crippen LogP contribution in [0.25, 0.3) is 0 Å². The van der Waals surface area contributed by atoms with E-state index in [0.717, 1.165) is 0 Å². The average molecular weight is 299 g/mol. The molecule has 0 saturated heterocycles. The molecule has 6 heteroatoms. The van der Waals surface area contributed by atoms with Gasteiger partial charge in [-0.2, -0.15) is 0 Å². The quantitative estimate of drug-likeness (QED) is 0.938. The van der Waals surface area contributed by atoms with E-state index in [1.54, 1.807) is 12.1 Å². The fourth-order valence-corrected chi connectivity index (χ4v) is 1.91. The Labute approximate surface area is 119 Å². The van der Waals surface area contributed by atoms with E-state index < -0.39 is 11.7 Å². The van der Waals surface area contributed by atoms with Gasteiger partial charge in [0.15, 0.2) is 5.82 Å². The van der Waals surface area contributed by atoms with E-state index in [1.807, 2.05) is 0 Å². The smallest absolute Gasteiger partial charge is 0.230 e. The number of pyridine rings is 1. The van der Waals surface area contributed by atoms with E-state index in [2.05, 4.69) is 10.3 Å².